The minimum atomic E-state index is -5.07. The predicted octanol–water partition coefficient (Wildman–Crippen LogP) is 2.02. The van der Waals surface area contributed by atoms with E-state index in [0.717, 1.165) is 0 Å². The number of amides is 1. The summed E-state index contributed by atoms with van der Waals surface area (Å²) in [7, 11) is 0. The van der Waals surface area contributed by atoms with E-state index in [0.29, 0.717) is 17.7 Å². The third-order valence-electron chi connectivity index (χ3n) is 3.59. The van der Waals surface area contributed by atoms with Crippen LogP contribution in [0, 0.1) is 5.92 Å². The first-order valence-electron chi connectivity index (χ1n) is 6.71. The van der Waals surface area contributed by atoms with Crippen molar-refractivity contribution in [2.45, 2.75) is 37.9 Å². The average molecular weight is 317 g/mol. The van der Waals surface area contributed by atoms with Crippen molar-refractivity contribution < 1.29 is 27.9 Å². The summed E-state index contributed by atoms with van der Waals surface area (Å²) >= 11 is 0. The van der Waals surface area contributed by atoms with Crippen LogP contribution in [0.2, 0.25) is 0 Å². The van der Waals surface area contributed by atoms with Crippen LogP contribution in [0.25, 0.3) is 0 Å². The van der Waals surface area contributed by atoms with Gasteiger partial charge in [0.1, 0.15) is 0 Å². The monoisotopic (exact) mass is 317 g/mol. The Morgan fingerprint density at radius 1 is 1.23 bits per heavy atom. The molecule has 2 atom stereocenters. The summed E-state index contributed by atoms with van der Waals surface area (Å²) in [6.07, 6.45) is -1.56. The van der Waals surface area contributed by atoms with E-state index in [4.69, 9.17) is 5.11 Å². The van der Waals surface area contributed by atoms with Gasteiger partial charge in [0.25, 0.3) is 0 Å². The lowest BCUT2D eigenvalue weighted by Gasteiger charge is -2.35. The van der Waals surface area contributed by atoms with E-state index in [2.05, 4.69) is 9.97 Å². The van der Waals surface area contributed by atoms with E-state index in [-0.39, 0.29) is 18.8 Å². The number of carbonyl (C=O) groups is 2. The van der Waals surface area contributed by atoms with Crippen molar-refractivity contribution in [3.8, 4) is 0 Å². The second kappa shape index (κ2) is 6.29. The number of carbonyl (C=O) groups excluding carboxylic acids is 1. The van der Waals surface area contributed by atoms with Crippen molar-refractivity contribution in [3.05, 3.63) is 18.5 Å². The Hall–Kier alpha value is -2.19. The highest BCUT2D eigenvalue weighted by molar-refractivity contribution is 5.96. The summed E-state index contributed by atoms with van der Waals surface area (Å²) in [4.78, 5) is 30.7. The zero-order valence-corrected chi connectivity index (χ0v) is 11.5. The molecule has 0 saturated heterocycles. The van der Waals surface area contributed by atoms with Gasteiger partial charge < -0.3 is 5.11 Å². The molecule has 0 unspecified atom stereocenters. The van der Waals surface area contributed by atoms with Gasteiger partial charge in [0.05, 0.1) is 5.92 Å². The smallest absolute Gasteiger partial charge is 0.471 e. The highest BCUT2D eigenvalue weighted by Gasteiger charge is 2.47. The molecular weight excluding hydrogens is 303 g/mol. The number of alkyl halides is 3. The molecule has 1 heterocycles. The average Bonchev–Trinajstić information content (AvgIpc) is 2.48. The number of rotatable bonds is 3. The molecule has 1 fully saturated rings. The Morgan fingerprint density at radius 3 is 2.41 bits per heavy atom. The van der Waals surface area contributed by atoms with Crippen molar-refractivity contribution in [2.75, 3.05) is 4.90 Å². The van der Waals surface area contributed by atoms with Crippen LogP contribution >= 0.6 is 0 Å². The molecule has 1 saturated carbocycles. The lowest BCUT2D eigenvalue weighted by Crippen LogP contribution is -2.50. The molecule has 22 heavy (non-hydrogen) atoms. The number of anilines is 1. The van der Waals surface area contributed by atoms with E-state index in [1.54, 1.807) is 0 Å². The number of carboxylic acids is 1. The van der Waals surface area contributed by atoms with Crippen LogP contribution in [-0.2, 0) is 9.59 Å². The van der Waals surface area contributed by atoms with Crippen molar-refractivity contribution in [3.63, 3.8) is 0 Å². The number of aromatic nitrogens is 2. The minimum absolute atomic E-state index is 0.0462. The summed E-state index contributed by atoms with van der Waals surface area (Å²) in [5.74, 6) is -4.28. The number of nitrogens with zero attached hydrogens (tertiary/aromatic N) is 3. The number of halogens is 3. The molecule has 6 nitrogen and oxygen atoms in total. The minimum Gasteiger partial charge on any atom is -0.481 e. The van der Waals surface area contributed by atoms with Crippen LogP contribution in [0.1, 0.15) is 25.7 Å². The standard InChI is InChI=1S/C13H14F3N3O3/c14-13(15,16)11(22)19(12-17-5-2-6-18-12)9-4-1-3-8(7-9)10(20)21/h2,5-6,8-9H,1,3-4,7H2,(H,20,21)/t8-,9+/m0/s1. The van der Waals surface area contributed by atoms with Crippen LogP contribution in [0.4, 0.5) is 19.1 Å². The lowest BCUT2D eigenvalue weighted by atomic mass is 9.85. The van der Waals surface area contributed by atoms with Gasteiger partial charge in [-0.05, 0) is 25.3 Å². The quantitative estimate of drug-likeness (QED) is 0.922. The molecule has 1 aromatic rings. The molecule has 0 spiro atoms. The van der Waals surface area contributed by atoms with Gasteiger partial charge in [0.15, 0.2) is 0 Å². The molecule has 0 bridgehead atoms. The first-order chi connectivity index (χ1) is 10.3. The summed E-state index contributed by atoms with van der Waals surface area (Å²) in [5.41, 5.74) is 0. The van der Waals surface area contributed by atoms with E-state index < -0.39 is 30.0 Å². The highest BCUT2D eigenvalue weighted by Crippen LogP contribution is 2.32. The molecule has 1 aromatic heterocycles. The van der Waals surface area contributed by atoms with E-state index in [1.807, 2.05) is 0 Å². The van der Waals surface area contributed by atoms with Crippen molar-refractivity contribution in [1.82, 2.24) is 9.97 Å². The lowest BCUT2D eigenvalue weighted by molar-refractivity contribution is -0.171. The molecule has 0 aliphatic heterocycles. The number of aliphatic carboxylic acids is 1. The summed E-state index contributed by atoms with van der Waals surface area (Å²) in [6, 6.07) is 0.534. The molecular formula is C13H14F3N3O3. The summed E-state index contributed by atoms with van der Waals surface area (Å²) in [6.45, 7) is 0. The second-order valence-electron chi connectivity index (χ2n) is 5.08. The Bertz CT molecular complexity index is 550. The van der Waals surface area contributed by atoms with Gasteiger partial charge in [-0.15, -0.1) is 0 Å². The van der Waals surface area contributed by atoms with E-state index >= 15 is 0 Å². The molecule has 120 valence electrons. The molecule has 2 rings (SSSR count). The Kier molecular flexibility index (Phi) is 4.62. The number of carboxylic acid groups (broad SMARTS) is 1. The Labute approximate surface area is 124 Å². The van der Waals surface area contributed by atoms with Gasteiger partial charge in [-0.3, -0.25) is 14.5 Å². The fourth-order valence-corrected chi connectivity index (χ4v) is 2.59. The zero-order valence-electron chi connectivity index (χ0n) is 11.5. The SMILES string of the molecule is O=C(O)[C@H]1CCC[C@@H](N(C(=O)C(F)(F)F)c2ncccn2)C1. The van der Waals surface area contributed by atoms with Gasteiger partial charge >= 0.3 is 18.1 Å². The third kappa shape index (κ3) is 3.52. The van der Waals surface area contributed by atoms with Crippen LogP contribution in [-0.4, -0.2) is 39.2 Å². The fraction of sp³-hybridized carbons (Fsp3) is 0.538. The number of hydrogen-bond donors (Lipinski definition) is 1. The van der Waals surface area contributed by atoms with Gasteiger partial charge in [-0.25, -0.2) is 9.97 Å². The van der Waals surface area contributed by atoms with Gasteiger partial charge in [0.2, 0.25) is 5.95 Å². The maximum Gasteiger partial charge on any atom is 0.471 e. The first-order valence-corrected chi connectivity index (χ1v) is 6.71. The van der Waals surface area contributed by atoms with Crippen LogP contribution < -0.4 is 4.90 Å². The fourth-order valence-electron chi connectivity index (χ4n) is 2.59. The molecule has 1 amide bonds. The van der Waals surface area contributed by atoms with Gasteiger partial charge in [-0.2, -0.15) is 13.2 Å². The van der Waals surface area contributed by atoms with Crippen molar-refractivity contribution >= 4 is 17.8 Å². The van der Waals surface area contributed by atoms with Crippen LogP contribution in [0.15, 0.2) is 18.5 Å². The molecule has 0 radical (unpaired) electrons. The maximum atomic E-state index is 12.8. The molecule has 1 aliphatic carbocycles. The number of hydrogen-bond acceptors (Lipinski definition) is 4. The maximum absolute atomic E-state index is 12.8. The van der Waals surface area contributed by atoms with Crippen molar-refractivity contribution in [2.24, 2.45) is 5.92 Å². The molecule has 0 aromatic carbocycles. The van der Waals surface area contributed by atoms with E-state index in [1.165, 1.54) is 18.5 Å². The largest absolute Gasteiger partial charge is 0.481 e. The van der Waals surface area contributed by atoms with Crippen LogP contribution in [0.3, 0.4) is 0 Å². The van der Waals surface area contributed by atoms with Crippen LogP contribution in [0.5, 0.6) is 0 Å². The molecule has 9 heteroatoms. The van der Waals surface area contributed by atoms with Gasteiger partial charge in [-0.1, -0.05) is 6.42 Å². The second-order valence-corrected chi connectivity index (χ2v) is 5.08. The van der Waals surface area contributed by atoms with E-state index in [9.17, 15) is 22.8 Å². The normalized spacial score (nSPS) is 22.1. The Morgan fingerprint density at radius 2 is 1.86 bits per heavy atom. The summed E-state index contributed by atoms with van der Waals surface area (Å²) < 4.78 is 38.5. The Balaban J connectivity index is 2.32. The summed E-state index contributed by atoms with van der Waals surface area (Å²) in [5, 5.41) is 9.05. The molecule has 1 N–H and O–H groups in total. The molecule has 1 aliphatic rings. The highest BCUT2D eigenvalue weighted by atomic mass is 19.4. The van der Waals surface area contributed by atoms with Crippen molar-refractivity contribution in [1.29, 1.82) is 0 Å². The predicted molar refractivity (Wildman–Crippen MR) is 69.0 cm³/mol. The first kappa shape index (κ1) is 16.2. The third-order valence-corrected chi connectivity index (χ3v) is 3.59. The zero-order chi connectivity index (χ0) is 16.3. The topological polar surface area (TPSA) is 83.4 Å². The van der Waals surface area contributed by atoms with Gasteiger partial charge in [0, 0.05) is 18.4 Å².